The third-order valence-corrected chi connectivity index (χ3v) is 7.36. The normalized spacial score (nSPS) is 11.2. The Hall–Kier alpha value is -1.37. The van der Waals surface area contributed by atoms with Crippen molar-refractivity contribution in [3.8, 4) is 5.75 Å². The molecule has 0 aliphatic carbocycles. The van der Waals surface area contributed by atoms with Crippen molar-refractivity contribution in [2.75, 3.05) is 5.32 Å². The van der Waals surface area contributed by atoms with Gasteiger partial charge in [0.2, 0.25) is 9.84 Å². The Morgan fingerprint density at radius 2 is 1.64 bits per heavy atom. The number of sulfone groups is 1. The molecule has 0 bridgehead atoms. The summed E-state index contributed by atoms with van der Waals surface area (Å²) in [6.07, 6.45) is 0. The number of nitrogens with one attached hydrogen (secondary N) is 1. The fourth-order valence-corrected chi connectivity index (χ4v) is 5.75. The zero-order valence-electron chi connectivity index (χ0n) is 14.0. The Kier molecular flexibility index (Phi) is 6.52. The second-order valence-electron chi connectivity index (χ2n) is 5.70. The van der Waals surface area contributed by atoms with E-state index in [9.17, 15) is 18.3 Å². The van der Waals surface area contributed by atoms with E-state index in [1.54, 1.807) is 24.3 Å². The number of phenols is 1. The fraction of sp³-hybridized carbons (Fsp3) is 0. The van der Waals surface area contributed by atoms with Crippen LogP contribution >= 0.6 is 56.8 Å². The molecule has 1 amide bonds. The van der Waals surface area contributed by atoms with Crippen LogP contribution in [0, 0.1) is 7.14 Å². The van der Waals surface area contributed by atoms with Gasteiger partial charge in [0.25, 0.3) is 5.91 Å². The van der Waals surface area contributed by atoms with Gasteiger partial charge in [0.1, 0.15) is 5.75 Å². The molecule has 0 spiro atoms. The predicted octanol–water partition coefficient (Wildman–Crippen LogP) is 5.34. The van der Waals surface area contributed by atoms with Gasteiger partial charge in [-0.3, -0.25) is 4.79 Å². The van der Waals surface area contributed by atoms with Gasteiger partial charge in [0.15, 0.2) is 0 Å². The van der Waals surface area contributed by atoms with E-state index in [0.29, 0.717) is 3.57 Å². The Labute approximate surface area is 194 Å². The monoisotopic (exact) mass is 639 g/mol. The van der Waals surface area contributed by atoms with Crippen LogP contribution in [0.25, 0.3) is 0 Å². The van der Waals surface area contributed by atoms with E-state index in [1.165, 1.54) is 36.4 Å². The number of rotatable bonds is 4. The molecule has 2 N–H and O–H groups in total. The van der Waals surface area contributed by atoms with Crippen LogP contribution in [0.5, 0.6) is 5.75 Å². The first-order valence-electron chi connectivity index (χ1n) is 7.79. The van der Waals surface area contributed by atoms with Gasteiger partial charge in [0, 0.05) is 3.57 Å². The molecule has 0 unspecified atom stereocenters. The number of aromatic hydroxyl groups is 1. The average Bonchev–Trinajstić information content (AvgIpc) is 2.66. The maximum atomic E-state index is 12.8. The van der Waals surface area contributed by atoms with Gasteiger partial charge in [-0.05, 0) is 87.6 Å². The number of anilines is 1. The van der Waals surface area contributed by atoms with Crippen molar-refractivity contribution in [2.45, 2.75) is 9.79 Å². The molecule has 0 aliphatic rings. The average molecular weight is 640 g/mol. The van der Waals surface area contributed by atoms with E-state index in [0.717, 1.165) is 3.57 Å². The second-order valence-corrected chi connectivity index (χ2v) is 10.5. The van der Waals surface area contributed by atoms with Crippen molar-refractivity contribution in [1.82, 2.24) is 0 Å². The summed E-state index contributed by atoms with van der Waals surface area (Å²) in [5, 5.41) is 12.9. The number of hydrogen-bond acceptors (Lipinski definition) is 4. The third kappa shape index (κ3) is 4.44. The first kappa shape index (κ1) is 21.3. The van der Waals surface area contributed by atoms with E-state index in [4.69, 9.17) is 11.6 Å². The second kappa shape index (κ2) is 8.56. The highest BCUT2D eigenvalue weighted by atomic mass is 127. The summed E-state index contributed by atoms with van der Waals surface area (Å²) in [6, 6.07) is 15.3. The van der Waals surface area contributed by atoms with Crippen LogP contribution in [-0.2, 0) is 9.84 Å². The highest BCUT2D eigenvalue weighted by Gasteiger charge is 2.21. The minimum atomic E-state index is -3.76. The van der Waals surface area contributed by atoms with Crippen LogP contribution < -0.4 is 5.32 Å². The fourth-order valence-electron chi connectivity index (χ4n) is 2.43. The third-order valence-electron chi connectivity index (χ3n) is 3.82. The zero-order valence-corrected chi connectivity index (χ0v) is 19.9. The lowest BCUT2D eigenvalue weighted by atomic mass is 10.2. The van der Waals surface area contributed by atoms with Gasteiger partial charge >= 0.3 is 0 Å². The lowest BCUT2D eigenvalue weighted by Gasteiger charge is -2.12. The molecular formula is C19H12ClI2NO4S. The highest BCUT2D eigenvalue weighted by molar-refractivity contribution is 14.1. The Morgan fingerprint density at radius 1 is 0.964 bits per heavy atom. The molecule has 3 aromatic carbocycles. The Balaban J connectivity index is 1.98. The van der Waals surface area contributed by atoms with Crippen LogP contribution in [0.1, 0.15) is 10.4 Å². The largest absolute Gasteiger partial charge is 0.506 e. The van der Waals surface area contributed by atoms with Crippen LogP contribution in [0.15, 0.2) is 70.5 Å². The lowest BCUT2D eigenvalue weighted by Crippen LogP contribution is -2.14. The van der Waals surface area contributed by atoms with Crippen LogP contribution in [0.2, 0.25) is 5.02 Å². The molecule has 144 valence electrons. The molecule has 3 rings (SSSR count). The maximum absolute atomic E-state index is 12.8. The van der Waals surface area contributed by atoms with Crippen molar-refractivity contribution < 1.29 is 18.3 Å². The van der Waals surface area contributed by atoms with E-state index in [2.05, 4.69) is 5.32 Å². The summed E-state index contributed by atoms with van der Waals surface area (Å²) < 4.78 is 26.9. The first-order chi connectivity index (χ1) is 13.2. The van der Waals surface area contributed by atoms with E-state index in [-0.39, 0.29) is 31.8 Å². The SMILES string of the molecule is O=C(Nc1cc(S(=O)(=O)c2ccccc2)ccc1Cl)c1cc(I)cc(I)c1O. The van der Waals surface area contributed by atoms with Crippen LogP contribution in [-0.4, -0.2) is 19.4 Å². The Morgan fingerprint density at radius 3 is 2.32 bits per heavy atom. The zero-order chi connectivity index (χ0) is 20.5. The summed E-state index contributed by atoms with van der Waals surface area (Å²) in [6.45, 7) is 0. The predicted molar refractivity (Wildman–Crippen MR) is 125 cm³/mol. The van der Waals surface area contributed by atoms with Gasteiger partial charge in [-0.15, -0.1) is 0 Å². The van der Waals surface area contributed by atoms with E-state index >= 15 is 0 Å². The molecule has 5 nitrogen and oxygen atoms in total. The molecule has 0 heterocycles. The summed E-state index contributed by atoms with van der Waals surface area (Å²) in [4.78, 5) is 12.8. The Bertz CT molecular complexity index is 1170. The topological polar surface area (TPSA) is 83.5 Å². The summed E-state index contributed by atoms with van der Waals surface area (Å²) in [5.41, 5.74) is 0.209. The molecule has 28 heavy (non-hydrogen) atoms. The number of hydrogen-bond donors (Lipinski definition) is 2. The molecule has 9 heteroatoms. The lowest BCUT2D eigenvalue weighted by molar-refractivity contribution is 0.102. The van der Waals surface area contributed by atoms with Crippen molar-refractivity contribution >= 4 is 78.2 Å². The number of carbonyl (C=O) groups excluding carboxylic acids is 1. The summed E-state index contributed by atoms with van der Waals surface area (Å²) in [7, 11) is -3.76. The van der Waals surface area contributed by atoms with Crippen LogP contribution in [0.4, 0.5) is 5.69 Å². The first-order valence-corrected chi connectivity index (χ1v) is 11.8. The van der Waals surface area contributed by atoms with Gasteiger partial charge in [-0.2, -0.15) is 0 Å². The van der Waals surface area contributed by atoms with Gasteiger partial charge < -0.3 is 10.4 Å². The smallest absolute Gasteiger partial charge is 0.259 e. The van der Waals surface area contributed by atoms with Crippen molar-refractivity contribution in [1.29, 1.82) is 0 Å². The van der Waals surface area contributed by atoms with Gasteiger partial charge in [-0.1, -0.05) is 29.8 Å². The molecule has 0 aromatic heterocycles. The minimum absolute atomic E-state index is 0.000144. The number of amides is 1. The molecular weight excluding hydrogens is 628 g/mol. The molecule has 0 aliphatic heterocycles. The van der Waals surface area contributed by atoms with Crippen LogP contribution in [0.3, 0.4) is 0 Å². The van der Waals surface area contributed by atoms with E-state index < -0.39 is 15.7 Å². The minimum Gasteiger partial charge on any atom is -0.506 e. The van der Waals surface area contributed by atoms with Crippen molar-refractivity contribution in [3.63, 3.8) is 0 Å². The summed E-state index contributed by atoms with van der Waals surface area (Å²) >= 11 is 10.1. The molecule has 0 atom stereocenters. The highest BCUT2D eigenvalue weighted by Crippen LogP contribution is 2.31. The number of phenolic OH excluding ortho intramolecular Hbond substituents is 1. The van der Waals surface area contributed by atoms with E-state index in [1.807, 2.05) is 45.2 Å². The van der Waals surface area contributed by atoms with Crippen molar-refractivity contribution in [2.24, 2.45) is 0 Å². The summed E-state index contributed by atoms with van der Waals surface area (Å²) in [5.74, 6) is -0.743. The molecule has 0 radical (unpaired) electrons. The molecule has 0 fully saturated rings. The quantitative estimate of drug-likeness (QED) is 0.378. The number of carbonyl (C=O) groups is 1. The standard InChI is InChI=1S/C19H12ClI2NO4S/c20-15-7-6-13(28(26,27)12-4-2-1-3-5-12)10-17(15)23-19(25)14-8-11(21)9-16(22)18(14)24/h1-10,24H,(H,23,25). The molecule has 3 aromatic rings. The van der Waals surface area contributed by atoms with Gasteiger partial charge in [0.05, 0.1) is 29.6 Å². The number of benzene rings is 3. The van der Waals surface area contributed by atoms with Gasteiger partial charge in [-0.25, -0.2) is 8.42 Å². The molecule has 0 saturated heterocycles. The number of halogens is 3. The maximum Gasteiger partial charge on any atom is 0.259 e. The van der Waals surface area contributed by atoms with Crippen molar-refractivity contribution in [3.05, 3.63) is 78.4 Å². The molecule has 0 saturated carbocycles.